The molecule has 4 nitrogen and oxygen atoms in total. The molecule has 0 aromatic carbocycles. The van der Waals surface area contributed by atoms with Crippen LogP contribution in [-0.4, -0.2) is 43.2 Å². The lowest BCUT2D eigenvalue weighted by molar-refractivity contribution is 0.234. The van der Waals surface area contributed by atoms with Crippen molar-refractivity contribution in [3.8, 4) is 5.88 Å². The van der Waals surface area contributed by atoms with Crippen molar-refractivity contribution in [2.45, 2.75) is 26.4 Å². The molecule has 1 aromatic rings. The van der Waals surface area contributed by atoms with Crippen molar-refractivity contribution in [2.24, 2.45) is 0 Å². The average Bonchev–Trinajstić information content (AvgIpc) is 2.25. The summed E-state index contributed by atoms with van der Waals surface area (Å²) in [6.07, 6.45) is 3.00. The Hall–Kier alpha value is -1.29. The molecule has 1 aromatic heterocycles. The Morgan fingerprint density at radius 2 is 2.18 bits per heavy atom. The lowest BCUT2D eigenvalue weighted by atomic mass is 10.3. The Bertz CT molecular complexity index is 326. The molecule has 1 heterocycles. The molecule has 0 amide bonds. The highest BCUT2D eigenvalue weighted by Gasteiger charge is 2.05. The van der Waals surface area contributed by atoms with E-state index in [1.54, 1.807) is 6.20 Å². The fourth-order valence-corrected chi connectivity index (χ4v) is 1.46. The fraction of sp³-hybridized carbons (Fsp3) is 0.615. The van der Waals surface area contributed by atoms with Crippen molar-refractivity contribution in [3.63, 3.8) is 0 Å². The van der Waals surface area contributed by atoms with Crippen molar-refractivity contribution in [3.05, 3.63) is 18.3 Å². The summed E-state index contributed by atoms with van der Waals surface area (Å²) in [5, 5.41) is 3.36. The predicted octanol–water partition coefficient (Wildman–Crippen LogP) is 2.23. The van der Waals surface area contributed by atoms with Crippen LogP contribution in [0.3, 0.4) is 0 Å². The summed E-state index contributed by atoms with van der Waals surface area (Å²) in [4.78, 5) is 6.41. The molecule has 0 aliphatic heterocycles. The van der Waals surface area contributed by atoms with Crippen LogP contribution in [0.25, 0.3) is 0 Å². The topological polar surface area (TPSA) is 37.4 Å². The predicted molar refractivity (Wildman–Crippen MR) is 71.7 cm³/mol. The minimum absolute atomic E-state index is 0.146. The van der Waals surface area contributed by atoms with Gasteiger partial charge in [0.2, 0.25) is 5.88 Å². The number of pyridine rings is 1. The van der Waals surface area contributed by atoms with Gasteiger partial charge in [0.15, 0.2) is 0 Å². The smallest absolute Gasteiger partial charge is 0.237 e. The summed E-state index contributed by atoms with van der Waals surface area (Å²) < 4.78 is 5.64. The summed E-state index contributed by atoms with van der Waals surface area (Å²) in [5.74, 6) is 0.687. The van der Waals surface area contributed by atoms with Crippen LogP contribution in [0.15, 0.2) is 18.3 Å². The molecule has 0 atom stereocenters. The van der Waals surface area contributed by atoms with Crippen molar-refractivity contribution in [1.82, 2.24) is 9.88 Å². The van der Waals surface area contributed by atoms with Crippen LogP contribution >= 0.6 is 0 Å². The van der Waals surface area contributed by atoms with Gasteiger partial charge in [-0.25, -0.2) is 4.98 Å². The first-order valence-electron chi connectivity index (χ1n) is 6.10. The van der Waals surface area contributed by atoms with Gasteiger partial charge in [-0.1, -0.05) is 0 Å². The first-order valence-corrected chi connectivity index (χ1v) is 6.10. The third-order valence-corrected chi connectivity index (χ3v) is 2.22. The van der Waals surface area contributed by atoms with Gasteiger partial charge < -0.3 is 15.0 Å². The van der Waals surface area contributed by atoms with Gasteiger partial charge in [-0.3, -0.25) is 0 Å². The number of rotatable bonds is 7. The molecule has 1 rings (SSSR count). The standard InChI is InChI=1S/C13H23N3O/c1-11(2)17-13-12(7-5-8-15-13)14-9-6-10-16(3)4/h5,7-8,11,14H,6,9-10H2,1-4H3. The maximum atomic E-state index is 5.64. The van der Waals surface area contributed by atoms with Crippen molar-refractivity contribution < 1.29 is 4.74 Å². The normalized spacial score (nSPS) is 10.9. The van der Waals surface area contributed by atoms with E-state index in [0.717, 1.165) is 25.2 Å². The lowest BCUT2D eigenvalue weighted by Gasteiger charge is -2.15. The van der Waals surface area contributed by atoms with E-state index < -0.39 is 0 Å². The van der Waals surface area contributed by atoms with Gasteiger partial charge in [-0.15, -0.1) is 0 Å². The first kappa shape index (κ1) is 13.8. The highest BCUT2D eigenvalue weighted by Crippen LogP contribution is 2.21. The monoisotopic (exact) mass is 237 g/mol. The zero-order chi connectivity index (χ0) is 12.7. The summed E-state index contributed by atoms with van der Waals surface area (Å²) in [6.45, 7) is 6.01. The quantitative estimate of drug-likeness (QED) is 0.738. The summed E-state index contributed by atoms with van der Waals surface area (Å²) in [7, 11) is 4.16. The van der Waals surface area contributed by atoms with E-state index in [0.29, 0.717) is 5.88 Å². The molecular weight excluding hydrogens is 214 g/mol. The first-order chi connectivity index (χ1) is 8.09. The van der Waals surface area contributed by atoms with Crippen LogP contribution in [0.4, 0.5) is 5.69 Å². The van der Waals surface area contributed by atoms with Crippen LogP contribution in [0.5, 0.6) is 5.88 Å². The maximum Gasteiger partial charge on any atom is 0.237 e. The van der Waals surface area contributed by atoms with Crippen LogP contribution < -0.4 is 10.1 Å². The second-order valence-electron chi connectivity index (χ2n) is 4.61. The summed E-state index contributed by atoms with van der Waals surface area (Å²) >= 11 is 0. The number of nitrogens with zero attached hydrogens (tertiary/aromatic N) is 2. The van der Waals surface area contributed by atoms with Gasteiger partial charge in [0, 0.05) is 12.7 Å². The molecule has 0 saturated carbocycles. The van der Waals surface area contributed by atoms with E-state index in [2.05, 4.69) is 29.3 Å². The molecule has 4 heteroatoms. The second-order valence-corrected chi connectivity index (χ2v) is 4.61. The van der Waals surface area contributed by atoms with Gasteiger partial charge in [-0.2, -0.15) is 0 Å². The Morgan fingerprint density at radius 3 is 2.82 bits per heavy atom. The van der Waals surface area contributed by atoms with E-state index in [1.807, 2.05) is 26.0 Å². The minimum atomic E-state index is 0.146. The Labute approximate surface area is 104 Å². The van der Waals surface area contributed by atoms with Crippen molar-refractivity contribution in [2.75, 3.05) is 32.5 Å². The highest BCUT2D eigenvalue weighted by atomic mass is 16.5. The number of aromatic nitrogens is 1. The SMILES string of the molecule is CC(C)Oc1ncccc1NCCCN(C)C. The maximum absolute atomic E-state index is 5.64. The van der Waals surface area contributed by atoms with Gasteiger partial charge in [0.25, 0.3) is 0 Å². The fourth-order valence-electron chi connectivity index (χ4n) is 1.46. The molecule has 0 saturated heterocycles. The molecule has 0 radical (unpaired) electrons. The zero-order valence-electron chi connectivity index (χ0n) is 11.2. The third kappa shape index (κ3) is 5.54. The van der Waals surface area contributed by atoms with E-state index in [4.69, 9.17) is 4.74 Å². The van der Waals surface area contributed by atoms with Gasteiger partial charge in [-0.05, 0) is 53.0 Å². The molecule has 0 fully saturated rings. The number of anilines is 1. The number of nitrogens with one attached hydrogen (secondary N) is 1. The Balaban J connectivity index is 2.46. The van der Waals surface area contributed by atoms with E-state index in [1.165, 1.54) is 0 Å². The molecule has 0 aliphatic rings. The summed E-state index contributed by atoms with van der Waals surface area (Å²) in [5.41, 5.74) is 0.972. The molecule has 0 bridgehead atoms. The Kier molecular flexibility index (Phi) is 5.77. The van der Waals surface area contributed by atoms with Gasteiger partial charge >= 0.3 is 0 Å². The van der Waals surface area contributed by atoms with E-state index in [9.17, 15) is 0 Å². The molecule has 0 unspecified atom stereocenters. The van der Waals surface area contributed by atoms with Crippen molar-refractivity contribution >= 4 is 5.69 Å². The summed E-state index contributed by atoms with van der Waals surface area (Å²) in [6, 6.07) is 3.92. The number of hydrogen-bond donors (Lipinski definition) is 1. The van der Waals surface area contributed by atoms with Crippen LogP contribution in [0.2, 0.25) is 0 Å². The molecular formula is C13H23N3O. The van der Waals surface area contributed by atoms with Crippen LogP contribution in [-0.2, 0) is 0 Å². The number of hydrogen-bond acceptors (Lipinski definition) is 4. The number of ether oxygens (including phenoxy) is 1. The lowest BCUT2D eigenvalue weighted by Crippen LogP contribution is -2.17. The molecule has 0 aliphatic carbocycles. The van der Waals surface area contributed by atoms with Gasteiger partial charge in [0.05, 0.1) is 11.8 Å². The van der Waals surface area contributed by atoms with Crippen LogP contribution in [0.1, 0.15) is 20.3 Å². The highest BCUT2D eigenvalue weighted by molar-refractivity contribution is 5.51. The average molecular weight is 237 g/mol. The van der Waals surface area contributed by atoms with E-state index in [-0.39, 0.29) is 6.10 Å². The minimum Gasteiger partial charge on any atom is -0.473 e. The molecule has 96 valence electrons. The second kappa shape index (κ2) is 7.12. The van der Waals surface area contributed by atoms with Crippen LogP contribution in [0, 0.1) is 0 Å². The molecule has 1 N–H and O–H groups in total. The van der Waals surface area contributed by atoms with E-state index >= 15 is 0 Å². The molecule has 0 spiro atoms. The third-order valence-electron chi connectivity index (χ3n) is 2.22. The largest absolute Gasteiger partial charge is 0.473 e. The van der Waals surface area contributed by atoms with Crippen molar-refractivity contribution in [1.29, 1.82) is 0 Å². The zero-order valence-corrected chi connectivity index (χ0v) is 11.2. The molecule has 17 heavy (non-hydrogen) atoms. The Morgan fingerprint density at radius 1 is 1.41 bits per heavy atom. The van der Waals surface area contributed by atoms with Gasteiger partial charge in [0.1, 0.15) is 0 Å².